The third-order valence-corrected chi connectivity index (χ3v) is 5.65. The molecular formula is C22H27ClN6O. The topological polar surface area (TPSA) is 67.2 Å². The maximum atomic E-state index is 11.5. The lowest BCUT2D eigenvalue weighted by atomic mass is 10.1. The van der Waals surface area contributed by atoms with Crippen LogP contribution in [0.5, 0.6) is 0 Å². The van der Waals surface area contributed by atoms with E-state index in [1.54, 1.807) is 19.3 Å². The number of hydrogen-bond donors (Lipinski definition) is 0. The summed E-state index contributed by atoms with van der Waals surface area (Å²) in [5, 5.41) is 4.35. The van der Waals surface area contributed by atoms with Crippen molar-refractivity contribution in [2.24, 2.45) is 7.05 Å². The van der Waals surface area contributed by atoms with E-state index in [0.717, 1.165) is 49.8 Å². The average molecular weight is 427 g/mol. The van der Waals surface area contributed by atoms with E-state index in [4.69, 9.17) is 0 Å². The number of hydrogen-bond acceptors (Lipinski definition) is 6. The summed E-state index contributed by atoms with van der Waals surface area (Å²) < 4.78 is 1.93. The molecule has 1 saturated heterocycles. The second-order valence-corrected chi connectivity index (χ2v) is 7.50. The Labute approximate surface area is 183 Å². The van der Waals surface area contributed by atoms with Crippen LogP contribution >= 0.6 is 12.4 Å². The van der Waals surface area contributed by atoms with E-state index in [1.807, 2.05) is 42.2 Å². The van der Waals surface area contributed by atoms with Crippen molar-refractivity contribution in [2.75, 3.05) is 31.1 Å². The van der Waals surface area contributed by atoms with Gasteiger partial charge in [0.05, 0.1) is 6.20 Å². The number of carbonyl (C=O) groups excluding carboxylic acids is 1. The van der Waals surface area contributed by atoms with E-state index in [-0.39, 0.29) is 18.2 Å². The summed E-state index contributed by atoms with van der Waals surface area (Å²) in [5.74, 6) is 0.969. The van der Waals surface area contributed by atoms with Gasteiger partial charge in [-0.2, -0.15) is 5.10 Å². The van der Waals surface area contributed by atoms with Crippen LogP contribution in [0, 0.1) is 6.92 Å². The molecular weight excluding hydrogens is 400 g/mol. The van der Waals surface area contributed by atoms with Crippen molar-refractivity contribution in [1.82, 2.24) is 24.6 Å². The fourth-order valence-electron chi connectivity index (χ4n) is 3.69. The summed E-state index contributed by atoms with van der Waals surface area (Å²) in [5.41, 5.74) is 5.05. The molecule has 1 aliphatic heterocycles. The van der Waals surface area contributed by atoms with E-state index in [0.29, 0.717) is 5.56 Å². The summed E-state index contributed by atoms with van der Waals surface area (Å²) in [6.45, 7) is 8.35. The summed E-state index contributed by atoms with van der Waals surface area (Å²) in [7, 11) is 1.98. The summed E-state index contributed by atoms with van der Waals surface area (Å²) >= 11 is 0. The van der Waals surface area contributed by atoms with Gasteiger partial charge in [0.15, 0.2) is 11.6 Å². The molecule has 0 N–H and O–H groups in total. The van der Waals surface area contributed by atoms with E-state index < -0.39 is 0 Å². The molecule has 0 saturated carbocycles. The summed E-state index contributed by atoms with van der Waals surface area (Å²) in [6.07, 6.45) is 5.43. The second-order valence-electron chi connectivity index (χ2n) is 7.50. The highest BCUT2D eigenvalue weighted by Gasteiger charge is 2.22. The molecule has 0 radical (unpaired) electrons. The maximum Gasteiger partial charge on any atom is 0.159 e. The Balaban J connectivity index is 0.00000256. The van der Waals surface area contributed by atoms with Crippen molar-refractivity contribution in [1.29, 1.82) is 0 Å². The SMILES string of the molecule is CC(=O)c1ccc(-c2nccnc2N2CCN(Cc3cnn(C)c3C)CC2)cc1.Cl. The molecule has 0 spiro atoms. The van der Waals surface area contributed by atoms with Gasteiger partial charge in [-0.05, 0) is 13.8 Å². The van der Waals surface area contributed by atoms with Crippen molar-refractivity contribution in [3.05, 3.63) is 59.7 Å². The predicted molar refractivity (Wildman–Crippen MR) is 120 cm³/mol. The van der Waals surface area contributed by atoms with Crippen LogP contribution in [0.1, 0.15) is 28.5 Å². The van der Waals surface area contributed by atoms with Gasteiger partial charge in [0, 0.05) is 74.5 Å². The zero-order chi connectivity index (χ0) is 20.4. The molecule has 2 aromatic heterocycles. The van der Waals surface area contributed by atoms with Gasteiger partial charge in [0.25, 0.3) is 0 Å². The number of nitrogens with zero attached hydrogens (tertiary/aromatic N) is 6. The maximum absolute atomic E-state index is 11.5. The van der Waals surface area contributed by atoms with Gasteiger partial charge in [-0.3, -0.25) is 19.4 Å². The Kier molecular flexibility index (Phi) is 6.84. The minimum atomic E-state index is 0. The summed E-state index contributed by atoms with van der Waals surface area (Å²) in [6, 6.07) is 7.60. The lowest BCUT2D eigenvalue weighted by Gasteiger charge is -2.35. The Morgan fingerprint density at radius 3 is 2.30 bits per heavy atom. The van der Waals surface area contributed by atoms with Crippen LogP contribution in [0.25, 0.3) is 11.3 Å². The number of rotatable bonds is 5. The molecule has 158 valence electrons. The largest absolute Gasteiger partial charge is 0.352 e. The molecule has 8 heteroatoms. The predicted octanol–water partition coefficient (Wildman–Crippen LogP) is 3.13. The number of Topliss-reactive ketones (excluding diaryl/α,β-unsaturated/α-hetero) is 1. The highest BCUT2D eigenvalue weighted by atomic mass is 35.5. The van der Waals surface area contributed by atoms with Crippen LogP contribution in [0.15, 0.2) is 42.9 Å². The van der Waals surface area contributed by atoms with Crippen LogP contribution in [0.4, 0.5) is 5.82 Å². The second kappa shape index (κ2) is 9.36. The Morgan fingerprint density at radius 2 is 1.70 bits per heavy atom. The minimum absolute atomic E-state index is 0. The molecule has 0 amide bonds. The van der Waals surface area contributed by atoms with Gasteiger partial charge in [-0.15, -0.1) is 12.4 Å². The van der Waals surface area contributed by atoms with Crippen LogP contribution in [-0.2, 0) is 13.6 Å². The highest BCUT2D eigenvalue weighted by Crippen LogP contribution is 2.28. The van der Waals surface area contributed by atoms with E-state index in [9.17, 15) is 4.79 Å². The first kappa shape index (κ1) is 21.9. The van der Waals surface area contributed by atoms with Gasteiger partial charge in [0.1, 0.15) is 5.69 Å². The molecule has 1 aromatic carbocycles. The van der Waals surface area contributed by atoms with Crippen LogP contribution in [0.3, 0.4) is 0 Å². The first-order valence-electron chi connectivity index (χ1n) is 9.90. The molecule has 3 aromatic rings. The lowest BCUT2D eigenvalue weighted by molar-refractivity contribution is 0.101. The number of aryl methyl sites for hydroxylation is 1. The van der Waals surface area contributed by atoms with Gasteiger partial charge in [-0.25, -0.2) is 4.98 Å². The third-order valence-electron chi connectivity index (χ3n) is 5.65. The van der Waals surface area contributed by atoms with E-state index in [1.165, 1.54) is 11.3 Å². The Bertz CT molecular complexity index is 1010. The number of benzene rings is 1. The van der Waals surface area contributed by atoms with Crippen molar-refractivity contribution in [2.45, 2.75) is 20.4 Å². The van der Waals surface area contributed by atoms with E-state index >= 15 is 0 Å². The number of halogens is 1. The lowest BCUT2D eigenvalue weighted by Crippen LogP contribution is -2.46. The van der Waals surface area contributed by atoms with Gasteiger partial charge in [0.2, 0.25) is 0 Å². The standard InChI is InChI=1S/C22H26N6O.ClH/c1-16-20(14-25-26(16)3)15-27-10-12-28(13-11-27)22-21(23-8-9-24-22)19-6-4-18(5-7-19)17(2)29;/h4-9,14H,10-13,15H2,1-3H3;1H. The third kappa shape index (κ3) is 4.52. The zero-order valence-electron chi connectivity index (χ0n) is 17.6. The number of carbonyl (C=O) groups is 1. The summed E-state index contributed by atoms with van der Waals surface area (Å²) in [4.78, 5) is 25.5. The normalized spacial score (nSPS) is 14.4. The first-order chi connectivity index (χ1) is 14.0. The molecule has 0 aliphatic carbocycles. The fourth-order valence-corrected chi connectivity index (χ4v) is 3.69. The zero-order valence-corrected chi connectivity index (χ0v) is 18.4. The first-order valence-corrected chi connectivity index (χ1v) is 9.90. The van der Waals surface area contributed by atoms with Crippen molar-refractivity contribution in [3.63, 3.8) is 0 Å². The van der Waals surface area contributed by atoms with Crippen LogP contribution < -0.4 is 4.90 Å². The molecule has 1 aliphatic rings. The van der Waals surface area contributed by atoms with Gasteiger partial charge < -0.3 is 4.90 Å². The monoisotopic (exact) mass is 426 g/mol. The molecule has 4 rings (SSSR count). The van der Waals surface area contributed by atoms with Crippen molar-refractivity contribution >= 4 is 24.0 Å². The minimum Gasteiger partial charge on any atom is -0.352 e. The number of ketones is 1. The van der Waals surface area contributed by atoms with Crippen molar-refractivity contribution < 1.29 is 4.79 Å². The smallest absolute Gasteiger partial charge is 0.159 e. The molecule has 3 heterocycles. The fraction of sp³-hybridized carbons (Fsp3) is 0.364. The molecule has 0 bridgehead atoms. The van der Waals surface area contributed by atoms with Crippen LogP contribution in [0.2, 0.25) is 0 Å². The molecule has 30 heavy (non-hydrogen) atoms. The molecule has 1 fully saturated rings. The molecule has 7 nitrogen and oxygen atoms in total. The van der Waals surface area contributed by atoms with Crippen LogP contribution in [-0.4, -0.2) is 56.6 Å². The number of aromatic nitrogens is 4. The quantitative estimate of drug-likeness (QED) is 0.584. The average Bonchev–Trinajstić information content (AvgIpc) is 3.06. The number of anilines is 1. The Hall–Kier alpha value is -2.77. The van der Waals surface area contributed by atoms with Gasteiger partial charge in [-0.1, -0.05) is 24.3 Å². The Morgan fingerprint density at radius 1 is 1.03 bits per heavy atom. The highest BCUT2D eigenvalue weighted by molar-refractivity contribution is 5.94. The number of piperazine rings is 1. The molecule has 0 atom stereocenters. The van der Waals surface area contributed by atoms with Gasteiger partial charge >= 0.3 is 0 Å². The molecule has 0 unspecified atom stereocenters. The van der Waals surface area contributed by atoms with E-state index in [2.05, 4.69) is 31.8 Å². The van der Waals surface area contributed by atoms with Crippen molar-refractivity contribution in [3.8, 4) is 11.3 Å².